The number of aryl methyl sites for hydroxylation is 2. The first kappa shape index (κ1) is 22.0. The summed E-state index contributed by atoms with van der Waals surface area (Å²) in [4.78, 5) is 0. The monoisotopic (exact) mass is 518 g/mol. The lowest BCUT2D eigenvalue weighted by molar-refractivity contribution is 0.996. The SMILES string of the molecule is Clc1cccc2c(CCc3c4cccc(Cl)c4cc4cccc(Cl)c34)c3c(Cl)cccc3cc12. The maximum atomic E-state index is 6.75. The fraction of sp³-hybridized carbons (Fsp3) is 0.0667. The second-order valence-electron chi connectivity index (χ2n) is 8.56. The van der Waals surface area contributed by atoms with Crippen molar-refractivity contribution in [2.24, 2.45) is 0 Å². The number of halogens is 4. The molecule has 0 unspecified atom stereocenters. The summed E-state index contributed by atoms with van der Waals surface area (Å²) in [5, 5.41) is 11.6. The summed E-state index contributed by atoms with van der Waals surface area (Å²) in [6.45, 7) is 0. The van der Waals surface area contributed by atoms with Gasteiger partial charge in [0.2, 0.25) is 0 Å². The van der Waals surface area contributed by atoms with Gasteiger partial charge in [0, 0.05) is 41.6 Å². The number of rotatable bonds is 3. The molecule has 0 N–H and O–H groups in total. The van der Waals surface area contributed by atoms with Crippen molar-refractivity contribution in [2.75, 3.05) is 0 Å². The highest BCUT2D eigenvalue weighted by Crippen LogP contribution is 2.39. The van der Waals surface area contributed by atoms with Crippen LogP contribution < -0.4 is 0 Å². The Morgan fingerprint density at radius 1 is 0.412 bits per heavy atom. The Kier molecular flexibility index (Phi) is 5.59. The molecule has 0 amide bonds. The molecule has 0 nitrogen and oxygen atoms in total. The molecule has 6 aromatic rings. The Labute approximate surface area is 217 Å². The van der Waals surface area contributed by atoms with Gasteiger partial charge < -0.3 is 0 Å². The van der Waals surface area contributed by atoms with Crippen molar-refractivity contribution in [1.29, 1.82) is 0 Å². The van der Waals surface area contributed by atoms with E-state index in [0.29, 0.717) is 0 Å². The van der Waals surface area contributed by atoms with E-state index in [9.17, 15) is 0 Å². The minimum Gasteiger partial charge on any atom is -0.0837 e. The average molecular weight is 520 g/mol. The third-order valence-electron chi connectivity index (χ3n) is 6.68. The summed E-state index contributed by atoms with van der Waals surface area (Å²) in [7, 11) is 0. The number of hydrogen-bond donors (Lipinski definition) is 0. The number of fused-ring (bicyclic) bond motifs is 4. The number of hydrogen-bond acceptors (Lipinski definition) is 0. The lowest BCUT2D eigenvalue weighted by atomic mass is 9.89. The van der Waals surface area contributed by atoms with Crippen LogP contribution in [0.25, 0.3) is 43.1 Å². The van der Waals surface area contributed by atoms with Crippen LogP contribution in [-0.4, -0.2) is 0 Å². The van der Waals surface area contributed by atoms with Crippen molar-refractivity contribution in [3.8, 4) is 0 Å². The van der Waals surface area contributed by atoms with E-state index in [1.165, 1.54) is 11.1 Å². The van der Waals surface area contributed by atoms with Crippen LogP contribution in [0.5, 0.6) is 0 Å². The van der Waals surface area contributed by atoms with Gasteiger partial charge in [-0.1, -0.05) is 94.9 Å². The molecule has 0 aliphatic carbocycles. The fourth-order valence-corrected chi connectivity index (χ4v) is 6.25. The van der Waals surface area contributed by atoms with Crippen molar-refractivity contribution >= 4 is 89.5 Å². The van der Waals surface area contributed by atoms with Crippen LogP contribution in [0.2, 0.25) is 20.1 Å². The van der Waals surface area contributed by atoms with Crippen molar-refractivity contribution < 1.29 is 0 Å². The van der Waals surface area contributed by atoms with E-state index < -0.39 is 0 Å². The molecule has 0 fully saturated rings. The lowest BCUT2D eigenvalue weighted by Crippen LogP contribution is -1.98. The van der Waals surface area contributed by atoms with Gasteiger partial charge in [-0.3, -0.25) is 0 Å². The van der Waals surface area contributed by atoms with E-state index >= 15 is 0 Å². The Balaban J connectivity index is 1.62. The first-order valence-corrected chi connectivity index (χ1v) is 12.6. The van der Waals surface area contributed by atoms with Gasteiger partial charge in [0.1, 0.15) is 0 Å². The smallest absolute Gasteiger partial charge is 0.0487 e. The molecule has 0 spiro atoms. The van der Waals surface area contributed by atoms with E-state index in [1.807, 2.05) is 48.5 Å². The van der Waals surface area contributed by atoms with E-state index in [1.54, 1.807) is 0 Å². The van der Waals surface area contributed by atoms with Gasteiger partial charge in [0.15, 0.2) is 0 Å². The molecule has 0 saturated carbocycles. The zero-order chi connectivity index (χ0) is 23.4. The lowest BCUT2D eigenvalue weighted by Gasteiger charge is -2.17. The zero-order valence-electron chi connectivity index (χ0n) is 18.0. The Morgan fingerprint density at radius 2 is 0.794 bits per heavy atom. The predicted octanol–water partition coefficient (Wildman–Crippen LogP) is 10.7. The quantitative estimate of drug-likeness (QED) is 0.204. The highest BCUT2D eigenvalue weighted by atomic mass is 35.5. The Bertz CT molecular complexity index is 1620. The third kappa shape index (κ3) is 3.53. The summed E-state index contributed by atoms with van der Waals surface area (Å²) in [6, 6.07) is 28.5. The maximum Gasteiger partial charge on any atom is 0.0487 e. The van der Waals surface area contributed by atoms with Crippen LogP contribution in [0.3, 0.4) is 0 Å². The molecule has 34 heavy (non-hydrogen) atoms. The molecule has 0 atom stereocenters. The van der Waals surface area contributed by atoms with Crippen molar-refractivity contribution in [3.05, 3.63) is 116 Å². The van der Waals surface area contributed by atoms with Crippen LogP contribution in [0, 0.1) is 0 Å². The first-order chi connectivity index (χ1) is 16.5. The summed E-state index contributed by atoms with van der Waals surface area (Å²) in [5.41, 5.74) is 2.39. The summed E-state index contributed by atoms with van der Waals surface area (Å²) < 4.78 is 0. The molecule has 6 rings (SSSR count). The highest BCUT2D eigenvalue weighted by Gasteiger charge is 2.16. The highest BCUT2D eigenvalue weighted by molar-refractivity contribution is 6.39. The summed E-state index contributed by atoms with van der Waals surface area (Å²) in [6.07, 6.45) is 1.56. The molecule has 0 radical (unpaired) electrons. The molecule has 0 saturated heterocycles. The second kappa shape index (κ2) is 8.63. The molecular weight excluding hydrogens is 502 g/mol. The van der Waals surface area contributed by atoms with Crippen LogP contribution in [0.1, 0.15) is 11.1 Å². The summed E-state index contributed by atoms with van der Waals surface area (Å²) >= 11 is 26.7. The van der Waals surface area contributed by atoms with Crippen LogP contribution in [-0.2, 0) is 12.8 Å². The van der Waals surface area contributed by atoms with Crippen molar-refractivity contribution in [3.63, 3.8) is 0 Å². The van der Waals surface area contributed by atoms with Gasteiger partial charge >= 0.3 is 0 Å². The van der Waals surface area contributed by atoms with Gasteiger partial charge in [-0.2, -0.15) is 0 Å². The van der Waals surface area contributed by atoms with Gasteiger partial charge in [0.05, 0.1) is 0 Å². The topological polar surface area (TPSA) is 0 Å². The normalized spacial score (nSPS) is 11.8. The average Bonchev–Trinajstić information content (AvgIpc) is 2.83. The fourth-order valence-electron chi connectivity index (χ4n) is 5.20. The van der Waals surface area contributed by atoms with Crippen molar-refractivity contribution in [1.82, 2.24) is 0 Å². The van der Waals surface area contributed by atoms with Crippen molar-refractivity contribution in [2.45, 2.75) is 12.8 Å². The predicted molar refractivity (Wildman–Crippen MR) is 150 cm³/mol. The molecular formula is C30H18Cl4. The van der Waals surface area contributed by atoms with Crippen LogP contribution in [0.4, 0.5) is 0 Å². The summed E-state index contributed by atoms with van der Waals surface area (Å²) in [5.74, 6) is 0. The zero-order valence-corrected chi connectivity index (χ0v) is 21.0. The Hall–Kier alpha value is -2.48. The van der Waals surface area contributed by atoms with Gasteiger partial charge in [-0.15, -0.1) is 0 Å². The van der Waals surface area contributed by atoms with Gasteiger partial charge in [0.25, 0.3) is 0 Å². The van der Waals surface area contributed by atoms with Crippen LogP contribution >= 0.6 is 46.4 Å². The van der Waals surface area contributed by atoms with E-state index in [2.05, 4.69) is 36.4 Å². The van der Waals surface area contributed by atoms with Crippen LogP contribution in [0.15, 0.2) is 84.9 Å². The molecule has 4 heteroatoms. The minimum absolute atomic E-state index is 0.742. The molecule has 0 aliphatic heterocycles. The van der Waals surface area contributed by atoms with E-state index in [-0.39, 0.29) is 0 Å². The molecule has 166 valence electrons. The molecule has 0 aromatic heterocycles. The third-order valence-corrected chi connectivity index (χ3v) is 7.97. The number of benzene rings is 6. The van der Waals surface area contributed by atoms with E-state index in [0.717, 1.165) is 76.0 Å². The first-order valence-electron chi connectivity index (χ1n) is 11.1. The standard InChI is InChI=1S/C30H18Cl4/c31-25-9-3-7-19-21(29-17(15-23(19)25)5-1-11-27(29)33)13-14-22-20-8-4-10-26(32)24(20)16-18-6-2-12-28(34)30(18)22/h1-12,15-16H,13-14H2. The minimum atomic E-state index is 0.742. The van der Waals surface area contributed by atoms with Gasteiger partial charge in [-0.25, -0.2) is 0 Å². The maximum absolute atomic E-state index is 6.75. The van der Waals surface area contributed by atoms with Gasteiger partial charge in [-0.05, 0) is 81.9 Å². The van der Waals surface area contributed by atoms with E-state index in [4.69, 9.17) is 46.4 Å². The second-order valence-corrected chi connectivity index (χ2v) is 10.2. The molecule has 6 aromatic carbocycles. The Morgan fingerprint density at radius 3 is 1.24 bits per heavy atom. The molecule has 0 bridgehead atoms. The largest absolute Gasteiger partial charge is 0.0837 e. The molecule has 0 heterocycles. The molecule has 0 aliphatic rings.